The summed E-state index contributed by atoms with van der Waals surface area (Å²) in [5.74, 6) is -2.06. The molecule has 0 atom stereocenters. The van der Waals surface area contributed by atoms with E-state index in [-0.39, 0.29) is 39.6 Å². The Morgan fingerprint density at radius 2 is 1.41 bits per heavy atom. The molecule has 0 aliphatic carbocycles. The largest absolute Gasteiger partial charge is 0.495 e. The van der Waals surface area contributed by atoms with Gasteiger partial charge in [0, 0.05) is 17.8 Å². The summed E-state index contributed by atoms with van der Waals surface area (Å²) in [7, 11) is -0.340. The van der Waals surface area contributed by atoms with E-state index in [0.717, 1.165) is 5.56 Å². The molecular formula is C26H26N2O8S. The lowest BCUT2D eigenvalue weighted by atomic mass is 10.1. The maximum absolute atomic E-state index is 13.0. The van der Waals surface area contributed by atoms with Gasteiger partial charge in [-0.1, -0.05) is 30.3 Å². The van der Waals surface area contributed by atoms with Gasteiger partial charge in [0.15, 0.2) is 0 Å². The van der Waals surface area contributed by atoms with Gasteiger partial charge < -0.3 is 19.5 Å². The highest BCUT2D eigenvalue weighted by Crippen LogP contribution is 2.26. The zero-order valence-electron chi connectivity index (χ0n) is 20.4. The summed E-state index contributed by atoms with van der Waals surface area (Å²) >= 11 is 0. The van der Waals surface area contributed by atoms with E-state index in [4.69, 9.17) is 14.2 Å². The minimum atomic E-state index is -4.02. The van der Waals surface area contributed by atoms with Crippen LogP contribution in [0.3, 0.4) is 0 Å². The number of ether oxygens (including phenoxy) is 3. The number of esters is 2. The van der Waals surface area contributed by atoms with E-state index in [1.54, 1.807) is 0 Å². The first-order valence-corrected chi connectivity index (χ1v) is 12.5. The highest BCUT2D eigenvalue weighted by Gasteiger charge is 2.22. The van der Waals surface area contributed by atoms with Crippen LogP contribution in [0.1, 0.15) is 36.6 Å². The number of nitrogens with one attached hydrogen (secondary N) is 2. The number of carbonyl (C=O) groups excluding carboxylic acids is 3. The first-order chi connectivity index (χ1) is 17.7. The van der Waals surface area contributed by atoms with Crippen molar-refractivity contribution in [2.24, 2.45) is 0 Å². The van der Waals surface area contributed by atoms with E-state index in [1.807, 2.05) is 30.3 Å². The normalized spacial score (nSPS) is 10.9. The van der Waals surface area contributed by atoms with E-state index in [0.29, 0.717) is 6.42 Å². The van der Waals surface area contributed by atoms with E-state index < -0.39 is 27.9 Å². The molecule has 37 heavy (non-hydrogen) atoms. The van der Waals surface area contributed by atoms with Crippen LogP contribution in [-0.2, 0) is 25.9 Å². The van der Waals surface area contributed by atoms with Crippen molar-refractivity contribution in [1.82, 2.24) is 4.72 Å². The molecule has 0 heterocycles. The number of rotatable bonds is 10. The van der Waals surface area contributed by atoms with Gasteiger partial charge in [-0.3, -0.25) is 4.79 Å². The maximum Gasteiger partial charge on any atom is 0.337 e. The molecule has 3 aromatic carbocycles. The van der Waals surface area contributed by atoms with Crippen molar-refractivity contribution in [2.45, 2.75) is 11.3 Å². The highest BCUT2D eigenvalue weighted by molar-refractivity contribution is 7.89. The molecule has 10 nitrogen and oxygen atoms in total. The number of carbonyl (C=O) groups is 3. The summed E-state index contributed by atoms with van der Waals surface area (Å²) in [6, 6.07) is 17.2. The number of amides is 1. The van der Waals surface area contributed by atoms with E-state index in [9.17, 15) is 22.8 Å². The molecule has 194 valence electrons. The highest BCUT2D eigenvalue weighted by atomic mass is 32.2. The summed E-state index contributed by atoms with van der Waals surface area (Å²) in [5.41, 5.74) is 1.11. The minimum absolute atomic E-state index is 0.00678. The molecule has 0 saturated carbocycles. The summed E-state index contributed by atoms with van der Waals surface area (Å²) in [6.07, 6.45) is 0.474. The Balaban J connectivity index is 1.85. The zero-order valence-corrected chi connectivity index (χ0v) is 21.3. The Morgan fingerprint density at radius 3 is 1.97 bits per heavy atom. The van der Waals surface area contributed by atoms with Crippen LogP contribution < -0.4 is 14.8 Å². The number of hydrogen-bond donors (Lipinski definition) is 2. The SMILES string of the molecule is COC(=O)c1cc(NC(=O)c2ccc(OC)c(S(=O)(=O)NCCc3ccccc3)c2)cc(C(=O)OC)c1. The fraction of sp³-hybridized carbons (Fsp3) is 0.192. The molecule has 3 aromatic rings. The quantitative estimate of drug-likeness (QED) is 0.385. The average Bonchev–Trinajstić information content (AvgIpc) is 2.91. The molecule has 0 unspecified atom stereocenters. The standard InChI is InChI=1S/C26H26N2O8S/c1-34-22-10-9-18(16-23(22)37(32,33)27-12-11-17-7-5-4-6-8-17)24(29)28-21-14-19(25(30)35-2)13-20(15-21)26(31)36-3/h4-10,13-16,27H,11-12H2,1-3H3,(H,28,29). The summed E-state index contributed by atoms with van der Waals surface area (Å²) in [5, 5.41) is 2.57. The van der Waals surface area contributed by atoms with E-state index >= 15 is 0 Å². The second kappa shape index (κ2) is 12.2. The monoisotopic (exact) mass is 526 g/mol. The Morgan fingerprint density at radius 1 is 0.784 bits per heavy atom. The summed E-state index contributed by atoms with van der Waals surface area (Å²) in [4.78, 5) is 36.8. The van der Waals surface area contributed by atoms with Crippen LogP contribution >= 0.6 is 0 Å². The molecule has 0 aromatic heterocycles. The van der Waals surface area contributed by atoms with Crippen LogP contribution in [0.4, 0.5) is 5.69 Å². The fourth-order valence-corrected chi connectivity index (χ4v) is 4.68. The van der Waals surface area contributed by atoms with Crippen LogP contribution in [0.5, 0.6) is 5.75 Å². The van der Waals surface area contributed by atoms with Crippen molar-refractivity contribution in [2.75, 3.05) is 33.2 Å². The van der Waals surface area contributed by atoms with Gasteiger partial charge in [0.2, 0.25) is 10.0 Å². The van der Waals surface area contributed by atoms with Crippen molar-refractivity contribution in [3.63, 3.8) is 0 Å². The Hall–Kier alpha value is -4.22. The predicted octanol–water partition coefficient (Wildman–Crippen LogP) is 3.04. The van der Waals surface area contributed by atoms with Gasteiger partial charge in [-0.05, 0) is 48.4 Å². The van der Waals surface area contributed by atoms with Gasteiger partial charge in [0.05, 0.1) is 32.5 Å². The van der Waals surface area contributed by atoms with Gasteiger partial charge >= 0.3 is 11.9 Å². The van der Waals surface area contributed by atoms with Crippen LogP contribution in [0.2, 0.25) is 0 Å². The lowest BCUT2D eigenvalue weighted by Crippen LogP contribution is -2.27. The van der Waals surface area contributed by atoms with Gasteiger partial charge in [0.25, 0.3) is 5.91 Å². The van der Waals surface area contributed by atoms with E-state index in [1.165, 1.54) is 57.7 Å². The third kappa shape index (κ3) is 6.93. The minimum Gasteiger partial charge on any atom is -0.495 e. The molecule has 0 fully saturated rings. The molecule has 0 aliphatic rings. The van der Waals surface area contributed by atoms with E-state index in [2.05, 4.69) is 10.0 Å². The third-order valence-corrected chi connectivity index (χ3v) is 6.78. The van der Waals surface area contributed by atoms with Gasteiger partial charge in [0.1, 0.15) is 10.6 Å². The number of hydrogen-bond acceptors (Lipinski definition) is 8. The lowest BCUT2D eigenvalue weighted by Gasteiger charge is -2.13. The molecule has 11 heteroatoms. The van der Waals surface area contributed by atoms with Gasteiger partial charge in [-0.2, -0.15) is 0 Å². The third-order valence-electron chi connectivity index (χ3n) is 5.30. The smallest absolute Gasteiger partial charge is 0.337 e. The number of benzene rings is 3. The van der Waals surface area contributed by atoms with Crippen molar-refractivity contribution >= 4 is 33.6 Å². The zero-order chi connectivity index (χ0) is 27.0. The molecule has 0 bridgehead atoms. The van der Waals surface area contributed by atoms with Crippen molar-refractivity contribution < 1.29 is 37.0 Å². The van der Waals surface area contributed by atoms with Crippen LogP contribution in [0, 0.1) is 0 Å². The second-order valence-electron chi connectivity index (χ2n) is 7.74. The van der Waals surface area contributed by atoms with Crippen LogP contribution in [0.25, 0.3) is 0 Å². The topological polar surface area (TPSA) is 137 Å². The second-order valence-corrected chi connectivity index (χ2v) is 9.47. The molecular weight excluding hydrogens is 500 g/mol. The summed E-state index contributed by atoms with van der Waals surface area (Å²) in [6.45, 7) is 0.141. The lowest BCUT2D eigenvalue weighted by molar-refractivity contribution is 0.0598. The fourth-order valence-electron chi connectivity index (χ4n) is 3.45. The number of methoxy groups -OCH3 is 3. The molecule has 0 radical (unpaired) electrons. The first kappa shape index (κ1) is 27.4. The maximum atomic E-state index is 13.0. The number of anilines is 1. The van der Waals surface area contributed by atoms with Crippen LogP contribution in [-0.4, -0.2) is 54.1 Å². The molecule has 2 N–H and O–H groups in total. The Bertz CT molecular complexity index is 1370. The van der Waals surface area contributed by atoms with Crippen LogP contribution in [0.15, 0.2) is 71.6 Å². The summed E-state index contributed by atoms with van der Waals surface area (Å²) < 4.78 is 43.2. The van der Waals surface area contributed by atoms with Crippen molar-refractivity contribution in [1.29, 1.82) is 0 Å². The van der Waals surface area contributed by atoms with Gasteiger partial charge in [-0.25, -0.2) is 22.7 Å². The molecule has 1 amide bonds. The molecule has 0 aliphatic heterocycles. The molecule has 0 spiro atoms. The molecule has 0 saturated heterocycles. The van der Waals surface area contributed by atoms with Crippen molar-refractivity contribution in [3.05, 3.63) is 89.0 Å². The molecule has 3 rings (SSSR count). The predicted molar refractivity (Wildman–Crippen MR) is 135 cm³/mol. The Kier molecular flexibility index (Phi) is 8.99. The van der Waals surface area contributed by atoms with Crippen molar-refractivity contribution in [3.8, 4) is 5.75 Å². The Labute approximate surface area is 214 Å². The first-order valence-electron chi connectivity index (χ1n) is 11.0. The number of sulfonamides is 1. The van der Waals surface area contributed by atoms with Gasteiger partial charge in [-0.15, -0.1) is 0 Å². The average molecular weight is 527 g/mol.